The van der Waals surface area contributed by atoms with Crippen molar-refractivity contribution in [3.05, 3.63) is 101 Å². The van der Waals surface area contributed by atoms with Gasteiger partial charge in [-0.1, -0.05) is 30.3 Å². The first-order chi connectivity index (χ1) is 16.5. The highest BCUT2D eigenvalue weighted by Crippen LogP contribution is 2.39. The minimum absolute atomic E-state index is 0.0768. The van der Waals surface area contributed by atoms with Crippen LogP contribution in [-0.4, -0.2) is 58.8 Å². The highest BCUT2D eigenvalue weighted by Gasteiger charge is 2.45. The van der Waals surface area contributed by atoms with Gasteiger partial charge < -0.3 is 19.6 Å². The predicted octanol–water partition coefficient (Wildman–Crippen LogP) is 3.64. The van der Waals surface area contributed by atoms with E-state index in [1.165, 1.54) is 4.90 Å². The van der Waals surface area contributed by atoms with Gasteiger partial charge in [0, 0.05) is 31.0 Å². The summed E-state index contributed by atoms with van der Waals surface area (Å²) in [6, 6.07) is 19.5. The van der Waals surface area contributed by atoms with E-state index < -0.39 is 17.7 Å². The number of benzene rings is 2. The first-order valence-corrected chi connectivity index (χ1v) is 11.1. The van der Waals surface area contributed by atoms with Crippen molar-refractivity contribution in [2.24, 2.45) is 0 Å². The average Bonchev–Trinajstić information content (AvgIpc) is 3.12. The Balaban J connectivity index is 1.63. The topological polar surface area (TPSA) is 83.0 Å². The average molecular weight is 458 g/mol. The molecule has 1 aliphatic rings. The summed E-state index contributed by atoms with van der Waals surface area (Å²) < 4.78 is 5.81. The maximum Gasteiger partial charge on any atom is 0.295 e. The molecule has 1 aliphatic heterocycles. The number of hydrogen-bond donors (Lipinski definition) is 1. The van der Waals surface area contributed by atoms with Gasteiger partial charge in [-0.25, -0.2) is 0 Å². The molecule has 34 heavy (non-hydrogen) atoms. The Morgan fingerprint density at radius 3 is 2.32 bits per heavy atom. The van der Waals surface area contributed by atoms with Gasteiger partial charge in [-0.15, -0.1) is 0 Å². The Morgan fingerprint density at radius 2 is 1.68 bits per heavy atom. The fourth-order valence-electron chi connectivity index (χ4n) is 3.92. The van der Waals surface area contributed by atoms with E-state index in [4.69, 9.17) is 4.74 Å². The first kappa shape index (κ1) is 23.2. The van der Waals surface area contributed by atoms with Crippen LogP contribution in [0.3, 0.4) is 0 Å². The third kappa shape index (κ3) is 5.00. The van der Waals surface area contributed by atoms with Gasteiger partial charge in [0.25, 0.3) is 11.7 Å². The van der Waals surface area contributed by atoms with Gasteiger partial charge in [0.15, 0.2) is 0 Å². The van der Waals surface area contributed by atoms with Crippen LogP contribution in [0.2, 0.25) is 0 Å². The summed E-state index contributed by atoms with van der Waals surface area (Å²) in [4.78, 5) is 33.4. The van der Waals surface area contributed by atoms with Crippen LogP contribution >= 0.6 is 0 Å². The molecule has 0 radical (unpaired) electrons. The molecule has 7 nitrogen and oxygen atoms in total. The number of likely N-dealkylation sites (tertiary alicyclic amines) is 1. The number of pyridine rings is 1. The lowest BCUT2D eigenvalue weighted by atomic mass is 9.96. The van der Waals surface area contributed by atoms with Gasteiger partial charge in [-0.2, -0.15) is 0 Å². The Hall–Kier alpha value is -3.97. The number of aliphatic hydroxyl groups excluding tert-OH is 1. The number of ketones is 1. The van der Waals surface area contributed by atoms with Gasteiger partial charge in [0.05, 0.1) is 11.6 Å². The summed E-state index contributed by atoms with van der Waals surface area (Å²) in [5.41, 5.74) is 2.28. The lowest BCUT2D eigenvalue weighted by molar-refractivity contribution is -0.140. The Bertz CT molecular complexity index is 1180. The van der Waals surface area contributed by atoms with Crippen LogP contribution in [0.5, 0.6) is 5.75 Å². The van der Waals surface area contributed by atoms with Crippen molar-refractivity contribution in [1.29, 1.82) is 0 Å². The normalized spacial score (nSPS) is 17.4. The molecule has 0 saturated carbocycles. The fraction of sp³-hybridized carbons (Fsp3) is 0.222. The van der Waals surface area contributed by atoms with Gasteiger partial charge in [-0.05, 0) is 61.6 Å². The smallest absolute Gasteiger partial charge is 0.295 e. The van der Waals surface area contributed by atoms with Crippen molar-refractivity contribution < 1.29 is 19.4 Å². The quantitative estimate of drug-likeness (QED) is 0.316. The zero-order valence-corrected chi connectivity index (χ0v) is 19.2. The van der Waals surface area contributed by atoms with Crippen molar-refractivity contribution in [1.82, 2.24) is 14.8 Å². The van der Waals surface area contributed by atoms with Crippen LogP contribution in [0.15, 0.2) is 84.7 Å². The fourth-order valence-corrected chi connectivity index (χ4v) is 3.92. The Morgan fingerprint density at radius 1 is 1.00 bits per heavy atom. The van der Waals surface area contributed by atoms with Crippen molar-refractivity contribution in [2.45, 2.75) is 12.6 Å². The SMILES string of the molecule is CN(C)CCN1C(=O)C(=O)C(=C(O)c2ccc(OCc3ccccc3)cc2)C1c1ccncc1. The minimum atomic E-state index is -0.692. The van der Waals surface area contributed by atoms with Crippen molar-refractivity contribution in [3.63, 3.8) is 0 Å². The standard InChI is InChI=1S/C27H27N3O4/c1-29(2)16-17-30-24(20-12-14-28-15-13-20)23(26(32)27(30)33)25(31)21-8-10-22(11-9-21)34-18-19-6-4-3-5-7-19/h3-15,24,31H,16-18H2,1-2H3. The molecule has 2 aromatic carbocycles. The maximum absolute atomic E-state index is 13.0. The minimum Gasteiger partial charge on any atom is -0.507 e. The number of nitrogens with zero attached hydrogens (tertiary/aromatic N) is 3. The van der Waals surface area contributed by atoms with E-state index in [0.29, 0.717) is 31.0 Å². The zero-order chi connectivity index (χ0) is 24.1. The van der Waals surface area contributed by atoms with Crippen LogP contribution in [0.25, 0.3) is 5.76 Å². The van der Waals surface area contributed by atoms with E-state index in [0.717, 1.165) is 11.1 Å². The number of amides is 1. The lowest BCUT2D eigenvalue weighted by Crippen LogP contribution is -2.35. The molecule has 1 atom stereocenters. The second-order valence-corrected chi connectivity index (χ2v) is 8.37. The second-order valence-electron chi connectivity index (χ2n) is 8.37. The molecule has 3 aromatic rings. The highest BCUT2D eigenvalue weighted by molar-refractivity contribution is 6.46. The lowest BCUT2D eigenvalue weighted by Gasteiger charge is -2.26. The number of ether oxygens (including phenoxy) is 1. The largest absolute Gasteiger partial charge is 0.507 e. The van der Waals surface area contributed by atoms with Gasteiger partial charge in [-0.3, -0.25) is 14.6 Å². The summed E-state index contributed by atoms with van der Waals surface area (Å²) in [5.74, 6) is -0.879. The number of aromatic nitrogens is 1. The number of rotatable bonds is 8. The number of aliphatic hydroxyl groups is 1. The van der Waals surface area contributed by atoms with Crippen molar-refractivity contribution in [3.8, 4) is 5.75 Å². The molecule has 0 spiro atoms. The Kier molecular flexibility index (Phi) is 7.04. The van der Waals surface area contributed by atoms with E-state index in [9.17, 15) is 14.7 Å². The van der Waals surface area contributed by atoms with Crippen LogP contribution < -0.4 is 4.74 Å². The van der Waals surface area contributed by atoms with E-state index in [-0.39, 0.29) is 11.3 Å². The van der Waals surface area contributed by atoms with Crippen LogP contribution in [0.1, 0.15) is 22.7 Å². The number of likely N-dealkylation sites (N-methyl/N-ethyl adjacent to an activating group) is 1. The van der Waals surface area contributed by atoms with Crippen molar-refractivity contribution >= 4 is 17.4 Å². The molecule has 174 valence electrons. The van der Waals surface area contributed by atoms with Crippen LogP contribution in [0.4, 0.5) is 0 Å². The number of carbonyl (C=O) groups is 2. The monoisotopic (exact) mass is 457 g/mol. The van der Waals surface area contributed by atoms with Gasteiger partial charge in [0.1, 0.15) is 18.1 Å². The molecule has 1 amide bonds. The summed E-state index contributed by atoms with van der Waals surface area (Å²) in [6.07, 6.45) is 3.22. The van der Waals surface area contributed by atoms with Gasteiger partial charge >= 0.3 is 0 Å². The molecule has 1 unspecified atom stereocenters. The summed E-state index contributed by atoms with van der Waals surface area (Å²) >= 11 is 0. The maximum atomic E-state index is 13.0. The number of carbonyl (C=O) groups excluding carboxylic acids is 2. The first-order valence-electron chi connectivity index (χ1n) is 11.1. The predicted molar refractivity (Wildman–Crippen MR) is 129 cm³/mol. The van der Waals surface area contributed by atoms with Crippen LogP contribution in [-0.2, 0) is 16.2 Å². The summed E-state index contributed by atoms with van der Waals surface area (Å²) in [5, 5.41) is 11.1. The molecular weight excluding hydrogens is 430 g/mol. The van der Waals surface area contributed by atoms with Crippen molar-refractivity contribution in [2.75, 3.05) is 27.2 Å². The molecule has 0 bridgehead atoms. The molecule has 0 aliphatic carbocycles. The van der Waals surface area contributed by atoms with E-state index >= 15 is 0 Å². The molecule has 1 N–H and O–H groups in total. The van der Waals surface area contributed by atoms with Gasteiger partial charge in [0.2, 0.25) is 0 Å². The third-order valence-electron chi connectivity index (χ3n) is 5.73. The molecule has 1 fully saturated rings. The molecule has 2 heterocycles. The third-order valence-corrected chi connectivity index (χ3v) is 5.73. The molecular formula is C27H27N3O4. The summed E-state index contributed by atoms with van der Waals surface area (Å²) in [6.45, 7) is 1.36. The van der Waals surface area contributed by atoms with E-state index in [2.05, 4.69) is 4.98 Å². The van der Waals surface area contributed by atoms with Crippen LogP contribution in [0, 0.1) is 0 Å². The second kappa shape index (κ2) is 10.3. The number of Topliss-reactive ketones (excluding diaryl/α,β-unsaturated/α-hetero) is 1. The molecule has 7 heteroatoms. The molecule has 4 rings (SSSR count). The zero-order valence-electron chi connectivity index (χ0n) is 19.2. The molecule has 1 aromatic heterocycles. The van der Waals surface area contributed by atoms with E-state index in [1.54, 1.807) is 48.8 Å². The molecule has 1 saturated heterocycles. The summed E-state index contributed by atoms with van der Waals surface area (Å²) in [7, 11) is 3.80. The number of hydrogen-bond acceptors (Lipinski definition) is 6. The van der Waals surface area contributed by atoms with E-state index in [1.807, 2.05) is 49.3 Å². The Labute approximate surface area is 198 Å². The highest BCUT2D eigenvalue weighted by atomic mass is 16.5.